The summed E-state index contributed by atoms with van der Waals surface area (Å²) >= 11 is 1.80. The fourth-order valence-corrected chi connectivity index (χ4v) is 3.57. The molecular weight excluding hydrogens is 272 g/mol. The Labute approximate surface area is 130 Å². The molecule has 21 heavy (non-hydrogen) atoms. The van der Waals surface area contributed by atoms with E-state index in [-0.39, 0.29) is 0 Å². The van der Waals surface area contributed by atoms with Gasteiger partial charge in [-0.2, -0.15) is 0 Å². The van der Waals surface area contributed by atoms with Crippen LogP contribution < -0.4 is 0 Å². The lowest BCUT2D eigenvalue weighted by atomic mass is 10.0. The molecule has 0 atom stereocenters. The second kappa shape index (κ2) is 5.71. The Kier molecular flexibility index (Phi) is 3.76. The van der Waals surface area contributed by atoms with Crippen molar-refractivity contribution in [3.63, 3.8) is 0 Å². The average molecular weight is 290 g/mol. The number of fused-ring (bicyclic) bond motifs is 1. The summed E-state index contributed by atoms with van der Waals surface area (Å²) in [6.45, 7) is 8.11. The smallest absolute Gasteiger partial charge is 0.0355 e. The summed E-state index contributed by atoms with van der Waals surface area (Å²) in [6.07, 6.45) is 6.22. The first kappa shape index (κ1) is 13.8. The van der Waals surface area contributed by atoms with Crippen molar-refractivity contribution < 1.29 is 0 Å². The predicted octanol–water partition coefficient (Wildman–Crippen LogP) is 6.55. The highest BCUT2D eigenvalue weighted by molar-refractivity contribution is 7.20. The summed E-state index contributed by atoms with van der Waals surface area (Å²) in [4.78, 5) is 1.24. The molecule has 0 saturated carbocycles. The van der Waals surface area contributed by atoms with Gasteiger partial charge in [-0.25, -0.2) is 0 Å². The molecule has 0 aliphatic heterocycles. The molecule has 1 heterocycles. The van der Waals surface area contributed by atoms with Gasteiger partial charge in [0.05, 0.1) is 0 Å². The maximum atomic E-state index is 3.94. The molecule has 0 N–H and O–H groups in total. The van der Waals surface area contributed by atoms with Gasteiger partial charge in [0, 0.05) is 15.0 Å². The number of rotatable bonds is 3. The molecule has 1 heteroatoms. The summed E-state index contributed by atoms with van der Waals surface area (Å²) in [7, 11) is 0. The van der Waals surface area contributed by atoms with Gasteiger partial charge in [0.2, 0.25) is 0 Å². The van der Waals surface area contributed by atoms with Crippen LogP contribution in [0.3, 0.4) is 0 Å². The van der Waals surface area contributed by atoms with Gasteiger partial charge in [-0.3, -0.25) is 0 Å². The zero-order valence-electron chi connectivity index (χ0n) is 12.4. The third-order valence-electron chi connectivity index (χ3n) is 3.66. The van der Waals surface area contributed by atoms with E-state index >= 15 is 0 Å². The summed E-state index contributed by atoms with van der Waals surface area (Å²) in [6, 6.07) is 15.4. The van der Waals surface area contributed by atoms with E-state index in [1.807, 2.05) is 6.08 Å². The number of hydrogen-bond donors (Lipinski definition) is 0. The Balaban J connectivity index is 2.20. The van der Waals surface area contributed by atoms with Crippen LogP contribution in [0.15, 0.2) is 55.1 Å². The van der Waals surface area contributed by atoms with E-state index in [0.29, 0.717) is 0 Å². The van der Waals surface area contributed by atoms with Crippen molar-refractivity contribution in [1.29, 1.82) is 0 Å². The van der Waals surface area contributed by atoms with Crippen molar-refractivity contribution in [2.75, 3.05) is 0 Å². The van der Waals surface area contributed by atoms with Crippen LogP contribution in [0.5, 0.6) is 0 Å². The van der Waals surface area contributed by atoms with Gasteiger partial charge in [0.1, 0.15) is 0 Å². The van der Waals surface area contributed by atoms with Crippen molar-refractivity contribution in [1.82, 2.24) is 0 Å². The van der Waals surface area contributed by atoms with Gasteiger partial charge >= 0.3 is 0 Å². The average Bonchev–Trinajstić information content (AvgIpc) is 2.86. The second-order valence-corrected chi connectivity index (χ2v) is 6.24. The molecule has 0 spiro atoms. The molecule has 3 aromatic rings. The quantitative estimate of drug-likeness (QED) is 0.513. The van der Waals surface area contributed by atoms with E-state index in [2.05, 4.69) is 75.0 Å². The van der Waals surface area contributed by atoms with Crippen molar-refractivity contribution in [2.24, 2.45) is 0 Å². The van der Waals surface area contributed by atoms with Crippen LogP contribution in [0.4, 0.5) is 0 Å². The van der Waals surface area contributed by atoms with Gasteiger partial charge in [0.25, 0.3) is 0 Å². The molecule has 0 radical (unpaired) electrons. The minimum Gasteiger partial charge on any atom is -0.135 e. The number of aryl methyl sites for hydroxylation is 1. The number of benzene rings is 2. The molecule has 0 aliphatic rings. The van der Waals surface area contributed by atoms with Gasteiger partial charge < -0.3 is 0 Å². The van der Waals surface area contributed by atoms with Crippen molar-refractivity contribution in [3.05, 3.63) is 71.1 Å². The Hall–Kier alpha value is -2.12. The van der Waals surface area contributed by atoms with Crippen LogP contribution in [-0.2, 0) is 0 Å². The third-order valence-corrected chi connectivity index (χ3v) is 4.84. The van der Waals surface area contributed by atoms with Gasteiger partial charge in [-0.05, 0) is 42.7 Å². The maximum Gasteiger partial charge on any atom is 0.0355 e. The highest BCUT2D eigenvalue weighted by atomic mass is 32.1. The van der Waals surface area contributed by atoms with Gasteiger partial charge in [-0.1, -0.05) is 60.7 Å². The monoisotopic (exact) mass is 290 g/mol. The lowest BCUT2D eigenvalue weighted by Crippen LogP contribution is -1.79. The first-order chi connectivity index (χ1) is 10.2. The highest BCUT2D eigenvalue weighted by Gasteiger charge is 2.09. The molecular formula is C20H18S. The molecule has 0 bridgehead atoms. The Morgan fingerprint density at radius 1 is 1.00 bits per heavy atom. The molecule has 104 valence electrons. The number of hydrogen-bond acceptors (Lipinski definition) is 1. The van der Waals surface area contributed by atoms with Crippen molar-refractivity contribution in [2.45, 2.75) is 13.8 Å². The van der Waals surface area contributed by atoms with Gasteiger partial charge in [-0.15, -0.1) is 11.3 Å². The Bertz CT molecular complexity index is 817. The summed E-state index contributed by atoms with van der Waals surface area (Å²) in [5.74, 6) is 0. The zero-order valence-corrected chi connectivity index (χ0v) is 13.2. The molecule has 0 saturated heterocycles. The first-order valence-corrected chi connectivity index (χ1v) is 7.93. The fraction of sp³-hybridized carbons (Fsp3) is 0.100. The lowest BCUT2D eigenvalue weighted by Gasteiger charge is -2.03. The molecule has 3 rings (SSSR count). The highest BCUT2D eigenvalue weighted by Crippen LogP contribution is 2.36. The van der Waals surface area contributed by atoms with E-state index in [0.717, 1.165) is 0 Å². The number of allylic oxidation sites excluding steroid dienone is 1. The van der Waals surface area contributed by atoms with Crippen LogP contribution in [0, 0.1) is 6.92 Å². The number of thiophene rings is 1. The van der Waals surface area contributed by atoms with Crippen LogP contribution in [0.1, 0.15) is 22.9 Å². The summed E-state index contributed by atoms with van der Waals surface area (Å²) < 4.78 is 1.31. The van der Waals surface area contributed by atoms with E-state index in [9.17, 15) is 0 Å². The molecule has 0 aliphatic carbocycles. The van der Waals surface area contributed by atoms with E-state index in [1.54, 1.807) is 11.3 Å². The lowest BCUT2D eigenvalue weighted by molar-refractivity contribution is 1.47. The molecule has 1 aromatic heterocycles. The molecule has 0 fully saturated rings. The third kappa shape index (κ3) is 2.57. The zero-order chi connectivity index (χ0) is 14.8. The van der Waals surface area contributed by atoms with Crippen LogP contribution in [0.25, 0.3) is 33.4 Å². The van der Waals surface area contributed by atoms with E-state index < -0.39 is 0 Å². The first-order valence-electron chi connectivity index (χ1n) is 7.11. The Morgan fingerprint density at radius 2 is 1.71 bits per heavy atom. The molecule has 0 unspecified atom stereocenters. The van der Waals surface area contributed by atoms with Crippen LogP contribution >= 0.6 is 11.3 Å². The Morgan fingerprint density at radius 3 is 2.38 bits per heavy atom. The molecule has 2 aromatic carbocycles. The van der Waals surface area contributed by atoms with Crippen LogP contribution in [0.2, 0.25) is 0 Å². The van der Waals surface area contributed by atoms with E-state index in [1.165, 1.54) is 37.2 Å². The maximum absolute atomic E-state index is 3.94. The van der Waals surface area contributed by atoms with Gasteiger partial charge in [0.15, 0.2) is 0 Å². The van der Waals surface area contributed by atoms with E-state index in [4.69, 9.17) is 0 Å². The minimum atomic E-state index is 1.24. The predicted molar refractivity (Wildman–Crippen MR) is 96.8 cm³/mol. The standard InChI is InChI=1S/C20H18S/c1-4-6-17-18-13-16(15-9-7-14(3)8-10-15)11-12-20(18)21-19(17)5-2/h4-13H,2H2,1,3H3/b6-4-. The summed E-state index contributed by atoms with van der Waals surface area (Å²) in [5, 5.41) is 1.31. The fourth-order valence-electron chi connectivity index (χ4n) is 2.55. The normalized spacial score (nSPS) is 11.3. The van der Waals surface area contributed by atoms with Crippen molar-refractivity contribution >= 4 is 33.6 Å². The van der Waals surface area contributed by atoms with Crippen LogP contribution in [-0.4, -0.2) is 0 Å². The second-order valence-electron chi connectivity index (χ2n) is 5.16. The topological polar surface area (TPSA) is 0 Å². The summed E-state index contributed by atoms with van der Waals surface area (Å²) in [5.41, 5.74) is 5.10. The largest absolute Gasteiger partial charge is 0.135 e. The SMILES string of the molecule is C=Cc1sc2ccc(-c3ccc(C)cc3)cc2c1/C=C\C. The van der Waals surface area contributed by atoms with Crippen molar-refractivity contribution in [3.8, 4) is 11.1 Å². The minimum absolute atomic E-state index is 1.24. The molecule has 0 nitrogen and oxygen atoms in total. The molecule has 0 amide bonds.